The topological polar surface area (TPSA) is 58.9 Å². The molecule has 0 saturated carbocycles. The fourth-order valence-electron chi connectivity index (χ4n) is 2.98. The molecule has 0 aliphatic heterocycles. The van der Waals surface area contributed by atoms with E-state index in [1.807, 2.05) is 68.4 Å². The highest BCUT2D eigenvalue weighted by Gasteiger charge is 2.24. The van der Waals surface area contributed by atoms with E-state index in [9.17, 15) is 4.79 Å². The van der Waals surface area contributed by atoms with E-state index in [1.54, 1.807) is 6.26 Å². The highest BCUT2D eigenvalue weighted by atomic mass is 16.3. The Morgan fingerprint density at radius 2 is 1.88 bits per heavy atom. The van der Waals surface area contributed by atoms with E-state index in [0.717, 1.165) is 41.1 Å². The lowest BCUT2D eigenvalue weighted by Gasteiger charge is -2.17. The van der Waals surface area contributed by atoms with Crippen LogP contribution in [-0.2, 0) is 11.2 Å². The molecule has 4 nitrogen and oxygen atoms in total. The van der Waals surface area contributed by atoms with Gasteiger partial charge < -0.3 is 15.1 Å². The first kappa shape index (κ1) is 18.0. The Labute approximate surface area is 154 Å². The molecule has 26 heavy (non-hydrogen) atoms. The van der Waals surface area contributed by atoms with Crippen molar-refractivity contribution >= 4 is 11.6 Å². The number of hydrogen-bond donors (Lipinski definition) is 2. The molecule has 0 unspecified atom stereocenters. The van der Waals surface area contributed by atoms with Gasteiger partial charge in [-0.15, -0.1) is 0 Å². The van der Waals surface area contributed by atoms with E-state index in [1.165, 1.54) is 0 Å². The predicted octanol–water partition coefficient (Wildman–Crippen LogP) is 3.38. The molecule has 0 saturated heterocycles. The van der Waals surface area contributed by atoms with Gasteiger partial charge in [-0.1, -0.05) is 42.5 Å². The van der Waals surface area contributed by atoms with Crippen LogP contribution < -0.4 is 10.6 Å². The summed E-state index contributed by atoms with van der Waals surface area (Å²) in [5, 5.41) is 5.17. The van der Waals surface area contributed by atoms with Crippen LogP contribution in [0.5, 0.6) is 0 Å². The van der Waals surface area contributed by atoms with Crippen molar-refractivity contribution in [2.45, 2.75) is 26.3 Å². The van der Waals surface area contributed by atoms with E-state index in [2.05, 4.69) is 16.7 Å². The average molecular weight is 349 g/mol. The van der Waals surface area contributed by atoms with E-state index in [0.29, 0.717) is 0 Å². The maximum Gasteiger partial charge on any atom is 0.287 e. The summed E-state index contributed by atoms with van der Waals surface area (Å²) in [6, 6.07) is 19.5. The number of carbonyl (C=O) groups excluding carboxylic acids is 1. The van der Waals surface area contributed by atoms with Crippen molar-refractivity contribution in [3.05, 3.63) is 89.4 Å². The fourth-order valence-corrected chi connectivity index (χ4v) is 2.98. The highest BCUT2D eigenvalue weighted by Crippen LogP contribution is 2.18. The second kappa shape index (κ2) is 8.50. The minimum absolute atomic E-state index is 0.00987. The lowest BCUT2D eigenvalue weighted by atomic mass is 10.0. The Morgan fingerprint density at radius 3 is 2.62 bits per heavy atom. The van der Waals surface area contributed by atoms with Gasteiger partial charge in [-0.2, -0.15) is 0 Å². The predicted molar refractivity (Wildman–Crippen MR) is 103 cm³/mol. The number of benzene rings is 2. The van der Waals surface area contributed by atoms with Crippen molar-refractivity contribution in [2.24, 2.45) is 0 Å². The molecule has 1 atom stereocenters. The van der Waals surface area contributed by atoms with Gasteiger partial charge in [0.25, 0.3) is 5.91 Å². The standard InChI is InChI=1S/C22H24N2O2/c1-16-10-11-17(2)20(15-16)24-22(25)21(18-7-4-3-5-8-18)23-13-12-19-9-6-14-26-19/h3-11,14-15,21,23H,12-13H2,1-2H3,(H,24,25)/p+1/t21-/m1/s1. The molecular weight excluding hydrogens is 324 g/mol. The summed E-state index contributed by atoms with van der Waals surface area (Å²) < 4.78 is 5.39. The second-order valence-electron chi connectivity index (χ2n) is 6.55. The van der Waals surface area contributed by atoms with E-state index >= 15 is 0 Å². The maximum atomic E-state index is 13.0. The summed E-state index contributed by atoms with van der Waals surface area (Å²) in [4.78, 5) is 13.0. The molecule has 0 fully saturated rings. The highest BCUT2D eigenvalue weighted by molar-refractivity contribution is 5.95. The van der Waals surface area contributed by atoms with Gasteiger partial charge in [0.1, 0.15) is 5.76 Å². The number of amides is 1. The molecule has 0 radical (unpaired) electrons. The molecule has 2 aromatic carbocycles. The summed E-state index contributed by atoms with van der Waals surface area (Å²) in [6.45, 7) is 4.81. The average Bonchev–Trinajstić information content (AvgIpc) is 3.16. The van der Waals surface area contributed by atoms with Gasteiger partial charge in [0.15, 0.2) is 6.04 Å². The number of carbonyl (C=O) groups is 1. The molecular formula is C22H25N2O2+. The number of aryl methyl sites for hydroxylation is 2. The molecule has 1 aromatic heterocycles. The fraction of sp³-hybridized carbons (Fsp3) is 0.227. The zero-order valence-electron chi connectivity index (χ0n) is 15.2. The number of hydrogen-bond acceptors (Lipinski definition) is 2. The third-order valence-electron chi connectivity index (χ3n) is 4.47. The van der Waals surface area contributed by atoms with Crippen LogP contribution in [-0.4, -0.2) is 12.5 Å². The Morgan fingerprint density at radius 1 is 1.08 bits per heavy atom. The van der Waals surface area contributed by atoms with Crippen LogP contribution in [0.1, 0.15) is 28.5 Å². The van der Waals surface area contributed by atoms with Crippen LogP contribution in [0.25, 0.3) is 0 Å². The molecule has 0 aliphatic rings. The molecule has 0 bridgehead atoms. The number of rotatable bonds is 7. The SMILES string of the molecule is Cc1ccc(C)c(NC(=O)[C@H]([NH2+]CCc2ccco2)c2ccccc2)c1. The van der Waals surface area contributed by atoms with E-state index in [-0.39, 0.29) is 11.9 Å². The molecule has 134 valence electrons. The van der Waals surface area contributed by atoms with Crippen molar-refractivity contribution in [3.8, 4) is 0 Å². The molecule has 3 aromatic rings. The first-order valence-corrected chi connectivity index (χ1v) is 8.92. The van der Waals surface area contributed by atoms with Gasteiger partial charge in [0.2, 0.25) is 0 Å². The zero-order valence-corrected chi connectivity index (χ0v) is 15.2. The van der Waals surface area contributed by atoms with Crippen LogP contribution >= 0.6 is 0 Å². The first-order chi connectivity index (χ1) is 12.6. The summed E-state index contributed by atoms with van der Waals surface area (Å²) in [5.41, 5.74) is 4.06. The van der Waals surface area contributed by atoms with Crippen LogP contribution in [0, 0.1) is 13.8 Å². The first-order valence-electron chi connectivity index (χ1n) is 8.92. The Kier molecular flexibility index (Phi) is 5.87. The van der Waals surface area contributed by atoms with Crippen LogP contribution in [0.15, 0.2) is 71.3 Å². The van der Waals surface area contributed by atoms with Crippen molar-refractivity contribution in [1.82, 2.24) is 0 Å². The number of anilines is 1. The second-order valence-corrected chi connectivity index (χ2v) is 6.55. The Bertz CT molecular complexity index is 842. The van der Waals surface area contributed by atoms with Gasteiger partial charge >= 0.3 is 0 Å². The molecule has 1 heterocycles. The molecule has 0 aliphatic carbocycles. The van der Waals surface area contributed by atoms with Gasteiger partial charge in [-0.25, -0.2) is 0 Å². The summed E-state index contributed by atoms with van der Waals surface area (Å²) in [6.07, 6.45) is 2.46. The third kappa shape index (κ3) is 4.61. The zero-order chi connectivity index (χ0) is 18.4. The smallest absolute Gasteiger partial charge is 0.287 e. The van der Waals surface area contributed by atoms with E-state index < -0.39 is 0 Å². The largest absolute Gasteiger partial charge is 0.469 e. The Hall–Kier alpha value is -2.85. The minimum Gasteiger partial charge on any atom is -0.469 e. The number of quaternary nitrogens is 1. The number of nitrogens with one attached hydrogen (secondary N) is 1. The van der Waals surface area contributed by atoms with Crippen molar-refractivity contribution in [3.63, 3.8) is 0 Å². The van der Waals surface area contributed by atoms with Gasteiger partial charge in [0.05, 0.1) is 19.2 Å². The quantitative estimate of drug-likeness (QED) is 0.687. The Balaban J connectivity index is 1.73. The number of furan rings is 1. The monoisotopic (exact) mass is 349 g/mol. The van der Waals surface area contributed by atoms with Crippen molar-refractivity contribution < 1.29 is 14.5 Å². The van der Waals surface area contributed by atoms with Crippen LogP contribution in [0.3, 0.4) is 0 Å². The maximum absolute atomic E-state index is 13.0. The van der Waals surface area contributed by atoms with Crippen LogP contribution in [0.4, 0.5) is 5.69 Å². The summed E-state index contributed by atoms with van der Waals surface area (Å²) in [5.74, 6) is 0.923. The molecule has 0 spiro atoms. The molecule has 4 heteroatoms. The van der Waals surface area contributed by atoms with Crippen molar-refractivity contribution in [2.75, 3.05) is 11.9 Å². The third-order valence-corrected chi connectivity index (χ3v) is 4.47. The molecule has 3 rings (SSSR count). The summed E-state index contributed by atoms with van der Waals surface area (Å²) >= 11 is 0. The van der Waals surface area contributed by atoms with Gasteiger partial charge in [-0.05, 0) is 43.2 Å². The van der Waals surface area contributed by atoms with Gasteiger partial charge in [-0.3, -0.25) is 4.79 Å². The molecule has 1 amide bonds. The minimum atomic E-state index is -0.300. The van der Waals surface area contributed by atoms with E-state index in [4.69, 9.17) is 4.42 Å². The van der Waals surface area contributed by atoms with Crippen molar-refractivity contribution in [1.29, 1.82) is 0 Å². The van der Waals surface area contributed by atoms with Crippen LogP contribution in [0.2, 0.25) is 0 Å². The lowest BCUT2D eigenvalue weighted by Crippen LogP contribution is -2.87. The molecule has 3 N–H and O–H groups in total. The summed E-state index contributed by atoms with van der Waals surface area (Å²) in [7, 11) is 0. The number of nitrogens with two attached hydrogens (primary N) is 1. The van der Waals surface area contributed by atoms with Gasteiger partial charge in [0, 0.05) is 11.3 Å². The lowest BCUT2D eigenvalue weighted by molar-refractivity contribution is -0.682. The normalized spacial score (nSPS) is 11.9.